The fourth-order valence-corrected chi connectivity index (χ4v) is 3.01. The van der Waals surface area contributed by atoms with Crippen LogP contribution in [0.15, 0.2) is 30.3 Å². The standard InChI is InChI=1S/C11H16O2S/c1-10(12)13-14(2,3)9-11-7-5-4-6-8-11/h4-8H,9H2,1-3H3. The third kappa shape index (κ3) is 3.83. The van der Waals surface area contributed by atoms with Crippen LogP contribution in [0.4, 0.5) is 0 Å². The summed E-state index contributed by atoms with van der Waals surface area (Å²) in [5, 5.41) is 0. The van der Waals surface area contributed by atoms with Crippen molar-refractivity contribution in [2.45, 2.75) is 12.7 Å². The van der Waals surface area contributed by atoms with E-state index in [-0.39, 0.29) is 5.97 Å². The molecule has 0 N–H and O–H groups in total. The van der Waals surface area contributed by atoms with Gasteiger partial charge in [0.05, 0.1) is 0 Å². The van der Waals surface area contributed by atoms with E-state index < -0.39 is 10.3 Å². The van der Waals surface area contributed by atoms with Crippen LogP contribution in [-0.2, 0) is 14.7 Å². The van der Waals surface area contributed by atoms with Crippen LogP contribution in [0.3, 0.4) is 0 Å². The van der Waals surface area contributed by atoms with Crippen LogP contribution < -0.4 is 0 Å². The summed E-state index contributed by atoms with van der Waals surface area (Å²) in [7, 11) is -1.28. The molecule has 1 aromatic rings. The number of hydrogen-bond acceptors (Lipinski definition) is 2. The SMILES string of the molecule is CC(=O)OS(C)(C)Cc1ccccc1. The van der Waals surface area contributed by atoms with Gasteiger partial charge in [0.2, 0.25) is 0 Å². The molecule has 0 radical (unpaired) electrons. The van der Waals surface area contributed by atoms with Gasteiger partial charge in [-0.25, -0.2) is 0 Å². The van der Waals surface area contributed by atoms with E-state index in [1.807, 2.05) is 30.7 Å². The molecule has 0 aliphatic heterocycles. The highest BCUT2D eigenvalue weighted by Gasteiger charge is 2.15. The number of carbonyl (C=O) groups excluding carboxylic acids is 1. The summed E-state index contributed by atoms with van der Waals surface area (Å²) < 4.78 is 5.29. The first-order chi connectivity index (χ1) is 6.49. The lowest BCUT2D eigenvalue weighted by Crippen LogP contribution is -2.08. The van der Waals surface area contributed by atoms with Crippen molar-refractivity contribution in [2.75, 3.05) is 12.5 Å². The van der Waals surface area contributed by atoms with Crippen molar-refractivity contribution < 1.29 is 8.98 Å². The van der Waals surface area contributed by atoms with Gasteiger partial charge in [-0.3, -0.25) is 4.79 Å². The normalized spacial score (nSPS) is 12.2. The molecule has 0 amide bonds. The van der Waals surface area contributed by atoms with Gasteiger partial charge >= 0.3 is 5.97 Å². The molecular formula is C11H16O2S. The number of rotatable bonds is 3. The van der Waals surface area contributed by atoms with Crippen molar-refractivity contribution in [2.24, 2.45) is 0 Å². The zero-order valence-corrected chi connectivity index (χ0v) is 9.64. The summed E-state index contributed by atoms with van der Waals surface area (Å²) in [5.74, 6) is 0.633. The Hall–Kier alpha value is -0.960. The Kier molecular flexibility index (Phi) is 3.58. The van der Waals surface area contributed by atoms with Crippen molar-refractivity contribution in [3.63, 3.8) is 0 Å². The Labute approximate surface area is 86.8 Å². The molecule has 0 aliphatic carbocycles. The Morgan fingerprint density at radius 3 is 2.36 bits per heavy atom. The monoisotopic (exact) mass is 212 g/mol. The smallest absolute Gasteiger partial charge is 0.313 e. The average molecular weight is 212 g/mol. The maximum atomic E-state index is 10.8. The first-order valence-electron chi connectivity index (χ1n) is 4.44. The first kappa shape index (κ1) is 11.1. The number of benzene rings is 1. The zero-order valence-electron chi connectivity index (χ0n) is 8.82. The van der Waals surface area contributed by atoms with Crippen LogP contribution in [0, 0.1) is 0 Å². The summed E-state index contributed by atoms with van der Waals surface area (Å²) in [6, 6.07) is 10.1. The highest BCUT2D eigenvalue weighted by Crippen LogP contribution is 2.44. The molecule has 2 nitrogen and oxygen atoms in total. The van der Waals surface area contributed by atoms with Gasteiger partial charge in [0.1, 0.15) is 0 Å². The maximum Gasteiger partial charge on any atom is 0.313 e. The topological polar surface area (TPSA) is 26.3 Å². The Balaban J connectivity index is 2.63. The van der Waals surface area contributed by atoms with Crippen molar-refractivity contribution in [1.29, 1.82) is 0 Å². The molecule has 0 spiro atoms. The Bertz CT molecular complexity index is 306. The van der Waals surface area contributed by atoms with Crippen molar-refractivity contribution >= 4 is 16.3 Å². The fraction of sp³-hybridized carbons (Fsp3) is 0.364. The van der Waals surface area contributed by atoms with Crippen molar-refractivity contribution in [1.82, 2.24) is 0 Å². The van der Waals surface area contributed by atoms with Crippen LogP contribution in [-0.4, -0.2) is 18.5 Å². The summed E-state index contributed by atoms with van der Waals surface area (Å²) in [6.07, 6.45) is 4.00. The molecule has 0 heterocycles. The highest BCUT2D eigenvalue weighted by molar-refractivity contribution is 8.28. The second-order valence-corrected chi connectivity index (χ2v) is 6.97. The molecule has 0 aromatic heterocycles. The van der Waals surface area contributed by atoms with Gasteiger partial charge in [0, 0.05) is 12.7 Å². The molecule has 0 fully saturated rings. The Morgan fingerprint density at radius 1 is 1.29 bits per heavy atom. The number of carbonyl (C=O) groups is 1. The summed E-state index contributed by atoms with van der Waals surface area (Å²) in [5.41, 5.74) is 1.22. The van der Waals surface area contributed by atoms with Crippen LogP contribution in [0.5, 0.6) is 0 Å². The molecule has 0 atom stereocenters. The lowest BCUT2D eigenvalue weighted by Gasteiger charge is -2.29. The first-order valence-corrected chi connectivity index (χ1v) is 6.99. The molecule has 0 unspecified atom stereocenters. The largest absolute Gasteiger partial charge is 0.416 e. The lowest BCUT2D eigenvalue weighted by atomic mass is 10.2. The molecule has 0 bridgehead atoms. The third-order valence-electron chi connectivity index (χ3n) is 1.70. The van der Waals surface area contributed by atoms with Gasteiger partial charge in [0.15, 0.2) is 0 Å². The van der Waals surface area contributed by atoms with Crippen LogP contribution >= 0.6 is 10.3 Å². The van der Waals surface area contributed by atoms with E-state index in [1.54, 1.807) is 0 Å². The molecule has 3 heteroatoms. The lowest BCUT2D eigenvalue weighted by molar-refractivity contribution is -0.130. The van der Waals surface area contributed by atoms with E-state index >= 15 is 0 Å². The molecule has 0 aliphatic rings. The number of hydrogen-bond donors (Lipinski definition) is 0. The molecule has 78 valence electrons. The summed E-state index contributed by atoms with van der Waals surface area (Å²) in [6.45, 7) is 1.46. The van der Waals surface area contributed by atoms with E-state index in [2.05, 4.69) is 12.1 Å². The van der Waals surface area contributed by atoms with Crippen LogP contribution in [0.1, 0.15) is 12.5 Å². The molecule has 0 saturated heterocycles. The van der Waals surface area contributed by atoms with E-state index in [9.17, 15) is 4.79 Å². The predicted octanol–water partition coefficient (Wildman–Crippen LogP) is 2.73. The van der Waals surface area contributed by atoms with Gasteiger partial charge in [-0.1, -0.05) is 40.6 Å². The Morgan fingerprint density at radius 2 is 1.86 bits per heavy atom. The van der Waals surface area contributed by atoms with E-state index in [0.29, 0.717) is 0 Å². The van der Waals surface area contributed by atoms with Crippen molar-refractivity contribution in [3.05, 3.63) is 35.9 Å². The zero-order chi connectivity index (χ0) is 10.6. The molecule has 0 saturated carbocycles. The van der Waals surface area contributed by atoms with E-state index in [0.717, 1.165) is 5.75 Å². The highest BCUT2D eigenvalue weighted by atomic mass is 32.3. The minimum Gasteiger partial charge on any atom is -0.416 e. The molecule has 14 heavy (non-hydrogen) atoms. The van der Waals surface area contributed by atoms with Gasteiger partial charge < -0.3 is 4.18 Å². The molecular weight excluding hydrogens is 196 g/mol. The van der Waals surface area contributed by atoms with Gasteiger partial charge in [-0.2, -0.15) is 0 Å². The maximum absolute atomic E-state index is 10.8. The minimum atomic E-state index is -1.28. The van der Waals surface area contributed by atoms with Crippen molar-refractivity contribution in [3.8, 4) is 0 Å². The van der Waals surface area contributed by atoms with E-state index in [1.165, 1.54) is 12.5 Å². The second kappa shape index (κ2) is 4.51. The second-order valence-electron chi connectivity index (χ2n) is 3.64. The van der Waals surface area contributed by atoms with Gasteiger partial charge in [-0.05, 0) is 18.1 Å². The predicted molar refractivity (Wildman–Crippen MR) is 61.4 cm³/mol. The fourth-order valence-electron chi connectivity index (χ4n) is 1.32. The molecule has 1 rings (SSSR count). The third-order valence-corrected chi connectivity index (χ3v) is 3.41. The summed E-state index contributed by atoms with van der Waals surface area (Å²) >= 11 is 0. The van der Waals surface area contributed by atoms with E-state index in [4.69, 9.17) is 4.18 Å². The van der Waals surface area contributed by atoms with Crippen LogP contribution in [0.2, 0.25) is 0 Å². The molecule has 1 aromatic carbocycles. The average Bonchev–Trinajstić information content (AvgIpc) is 2.02. The summed E-state index contributed by atoms with van der Waals surface area (Å²) in [4.78, 5) is 10.8. The minimum absolute atomic E-state index is 0.194. The van der Waals surface area contributed by atoms with Gasteiger partial charge in [0.25, 0.3) is 0 Å². The van der Waals surface area contributed by atoms with Crippen LogP contribution in [0.25, 0.3) is 0 Å². The quantitative estimate of drug-likeness (QED) is 0.770. The van der Waals surface area contributed by atoms with Gasteiger partial charge in [-0.15, -0.1) is 0 Å².